The van der Waals surface area contributed by atoms with Crippen molar-refractivity contribution in [3.63, 3.8) is 0 Å². The molecule has 0 saturated carbocycles. The van der Waals surface area contributed by atoms with E-state index in [1.807, 2.05) is 60.7 Å². The van der Waals surface area contributed by atoms with Gasteiger partial charge in [-0.15, -0.1) is 0 Å². The van der Waals surface area contributed by atoms with Crippen LogP contribution in [-0.2, 0) is 4.79 Å². The Morgan fingerprint density at radius 1 is 0.818 bits per heavy atom. The average molecular weight is 455 g/mol. The highest BCUT2D eigenvalue weighted by Crippen LogP contribution is 2.38. The van der Waals surface area contributed by atoms with Gasteiger partial charge in [-0.05, 0) is 47.5 Å². The summed E-state index contributed by atoms with van der Waals surface area (Å²) in [4.78, 5) is 26.2. The maximum atomic E-state index is 13.4. The van der Waals surface area contributed by atoms with Crippen molar-refractivity contribution >= 4 is 34.8 Å². The third-order valence-electron chi connectivity index (χ3n) is 5.43. The lowest BCUT2D eigenvalue weighted by Crippen LogP contribution is -2.22. The van der Waals surface area contributed by atoms with Gasteiger partial charge in [0.15, 0.2) is 5.75 Å². The second-order valence-electron chi connectivity index (χ2n) is 7.65. The minimum Gasteiger partial charge on any atom is -0.454 e. The Morgan fingerprint density at radius 2 is 1.45 bits per heavy atom. The highest BCUT2D eigenvalue weighted by molar-refractivity contribution is 6.31. The molecular weight excluding hydrogens is 436 g/mol. The molecule has 0 aliphatic carbocycles. The van der Waals surface area contributed by atoms with E-state index in [4.69, 9.17) is 16.3 Å². The molecular formula is C27H19ClN2O3. The van der Waals surface area contributed by atoms with E-state index in [1.54, 1.807) is 36.4 Å². The summed E-state index contributed by atoms with van der Waals surface area (Å²) in [6.45, 7) is 0. The molecule has 0 saturated heterocycles. The van der Waals surface area contributed by atoms with Gasteiger partial charge in [-0.25, -0.2) is 0 Å². The van der Waals surface area contributed by atoms with Crippen molar-refractivity contribution < 1.29 is 14.3 Å². The second kappa shape index (κ2) is 8.81. The van der Waals surface area contributed by atoms with Crippen LogP contribution in [0.1, 0.15) is 27.4 Å². The third-order valence-corrected chi connectivity index (χ3v) is 5.66. The van der Waals surface area contributed by atoms with Gasteiger partial charge in [-0.3, -0.25) is 9.59 Å². The topological polar surface area (TPSA) is 67.4 Å². The van der Waals surface area contributed by atoms with Gasteiger partial charge in [0.2, 0.25) is 5.91 Å². The highest BCUT2D eigenvalue weighted by Gasteiger charge is 2.25. The lowest BCUT2D eigenvalue weighted by atomic mass is 9.90. The highest BCUT2D eigenvalue weighted by atomic mass is 35.5. The number of benzene rings is 4. The van der Waals surface area contributed by atoms with Crippen LogP contribution in [0.5, 0.6) is 11.5 Å². The number of amides is 2. The lowest BCUT2D eigenvalue weighted by Gasteiger charge is -2.18. The number of hydrogen-bond donors (Lipinski definition) is 2. The molecule has 5 rings (SSSR count). The zero-order valence-corrected chi connectivity index (χ0v) is 18.2. The third kappa shape index (κ3) is 4.31. The summed E-state index contributed by atoms with van der Waals surface area (Å²) in [5.41, 5.74) is 3.06. The van der Waals surface area contributed by atoms with Gasteiger partial charge >= 0.3 is 0 Å². The van der Waals surface area contributed by atoms with Crippen LogP contribution in [0.4, 0.5) is 11.4 Å². The normalized spacial score (nSPS) is 12.1. The van der Waals surface area contributed by atoms with E-state index < -0.39 is 5.92 Å². The van der Waals surface area contributed by atoms with Crippen LogP contribution in [0.3, 0.4) is 0 Å². The average Bonchev–Trinajstić information content (AvgIpc) is 2.96. The Bertz CT molecular complexity index is 1300. The van der Waals surface area contributed by atoms with E-state index in [2.05, 4.69) is 10.6 Å². The first-order valence-corrected chi connectivity index (χ1v) is 10.8. The predicted molar refractivity (Wildman–Crippen MR) is 129 cm³/mol. The van der Waals surface area contributed by atoms with Gasteiger partial charge in [0.1, 0.15) is 5.75 Å². The Kier molecular flexibility index (Phi) is 5.55. The summed E-state index contributed by atoms with van der Waals surface area (Å²) in [7, 11) is 0. The van der Waals surface area contributed by atoms with Crippen LogP contribution in [0.25, 0.3) is 0 Å². The molecule has 0 aromatic heterocycles. The number of anilines is 2. The number of halogens is 1. The Labute approximate surface area is 196 Å². The van der Waals surface area contributed by atoms with E-state index in [0.29, 0.717) is 33.5 Å². The largest absolute Gasteiger partial charge is 0.454 e. The number of fused-ring (bicyclic) bond motifs is 2. The Hall–Kier alpha value is -4.09. The molecule has 2 N–H and O–H groups in total. The molecule has 0 unspecified atom stereocenters. The first kappa shape index (κ1) is 20.8. The van der Waals surface area contributed by atoms with Gasteiger partial charge in [0, 0.05) is 10.7 Å². The van der Waals surface area contributed by atoms with Crippen LogP contribution in [0, 0.1) is 0 Å². The molecule has 4 aromatic rings. The molecule has 0 bridgehead atoms. The summed E-state index contributed by atoms with van der Waals surface area (Å²) < 4.78 is 5.92. The first-order chi connectivity index (χ1) is 16.1. The van der Waals surface area contributed by atoms with Crippen molar-refractivity contribution in [2.45, 2.75) is 5.92 Å². The predicted octanol–water partition coefficient (Wildman–Crippen LogP) is 6.47. The second-order valence-corrected chi connectivity index (χ2v) is 8.09. The van der Waals surface area contributed by atoms with Crippen molar-refractivity contribution in [1.29, 1.82) is 0 Å². The number of ether oxygens (including phenoxy) is 1. The summed E-state index contributed by atoms with van der Waals surface area (Å²) in [5, 5.41) is 6.27. The van der Waals surface area contributed by atoms with E-state index >= 15 is 0 Å². The Morgan fingerprint density at radius 3 is 2.12 bits per heavy atom. The molecule has 1 heterocycles. The zero-order valence-electron chi connectivity index (χ0n) is 17.4. The summed E-state index contributed by atoms with van der Waals surface area (Å²) in [6, 6.07) is 29.2. The summed E-state index contributed by atoms with van der Waals surface area (Å²) >= 11 is 6.05. The van der Waals surface area contributed by atoms with Crippen molar-refractivity contribution in [2.75, 3.05) is 10.6 Å². The smallest absolute Gasteiger partial charge is 0.259 e. The van der Waals surface area contributed by atoms with Crippen LogP contribution in [0.2, 0.25) is 5.02 Å². The summed E-state index contributed by atoms with van der Waals surface area (Å²) in [6.07, 6.45) is 0. The van der Waals surface area contributed by atoms with E-state index in [1.165, 1.54) is 0 Å². The number of rotatable bonds is 4. The van der Waals surface area contributed by atoms with Crippen molar-refractivity contribution in [3.8, 4) is 11.5 Å². The van der Waals surface area contributed by atoms with Gasteiger partial charge in [-0.1, -0.05) is 72.3 Å². The molecule has 5 nitrogen and oxygen atoms in total. The fourth-order valence-electron chi connectivity index (χ4n) is 3.87. The molecule has 0 radical (unpaired) electrons. The van der Waals surface area contributed by atoms with Crippen LogP contribution >= 0.6 is 11.6 Å². The van der Waals surface area contributed by atoms with Crippen LogP contribution in [0.15, 0.2) is 97.1 Å². The minimum atomic E-state index is -0.498. The molecule has 33 heavy (non-hydrogen) atoms. The maximum absolute atomic E-state index is 13.4. The zero-order chi connectivity index (χ0) is 22.8. The molecule has 1 aliphatic heterocycles. The van der Waals surface area contributed by atoms with Gasteiger partial charge in [-0.2, -0.15) is 0 Å². The lowest BCUT2D eigenvalue weighted by molar-refractivity contribution is -0.116. The molecule has 0 spiro atoms. The van der Waals surface area contributed by atoms with E-state index in [-0.39, 0.29) is 11.8 Å². The SMILES string of the molecule is O=C1Nc2cc(Cl)ccc2Oc2ccc(NC(=O)C(c3ccccc3)c3ccccc3)cc21. The Balaban J connectivity index is 1.45. The van der Waals surface area contributed by atoms with Gasteiger partial charge in [0.25, 0.3) is 5.91 Å². The van der Waals surface area contributed by atoms with Crippen molar-refractivity contribution in [1.82, 2.24) is 0 Å². The standard InChI is InChI=1S/C27H19ClN2O3/c28-19-11-13-24-22(15-19)30-26(31)21-16-20(12-14-23(21)33-24)29-27(32)25(17-7-3-1-4-8-17)18-9-5-2-6-10-18/h1-16,25H,(H,29,32)(H,30,31). The number of hydrogen-bond acceptors (Lipinski definition) is 3. The van der Waals surface area contributed by atoms with E-state index in [9.17, 15) is 9.59 Å². The fourth-order valence-corrected chi connectivity index (χ4v) is 4.04. The molecule has 2 amide bonds. The molecule has 0 atom stereocenters. The van der Waals surface area contributed by atoms with Gasteiger partial charge < -0.3 is 15.4 Å². The monoisotopic (exact) mass is 454 g/mol. The molecule has 4 aromatic carbocycles. The minimum absolute atomic E-state index is 0.197. The van der Waals surface area contributed by atoms with Gasteiger partial charge in [0.05, 0.1) is 17.2 Å². The quantitative estimate of drug-likeness (QED) is 0.371. The number of nitrogens with one attached hydrogen (secondary N) is 2. The van der Waals surface area contributed by atoms with Crippen molar-refractivity contribution in [3.05, 3.63) is 119 Å². The van der Waals surface area contributed by atoms with E-state index in [0.717, 1.165) is 11.1 Å². The summed E-state index contributed by atoms with van der Waals surface area (Å²) in [5.74, 6) is -0.143. The van der Waals surface area contributed by atoms with Crippen LogP contribution < -0.4 is 15.4 Å². The molecule has 6 heteroatoms. The fraction of sp³-hybridized carbons (Fsp3) is 0.0370. The maximum Gasteiger partial charge on any atom is 0.259 e. The molecule has 162 valence electrons. The first-order valence-electron chi connectivity index (χ1n) is 10.4. The number of carbonyl (C=O) groups excluding carboxylic acids is 2. The van der Waals surface area contributed by atoms with Crippen LogP contribution in [-0.4, -0.2) is 11.8 Å². The number of carbonyl (C=O) groups is 2. The molecule has 1 aliphatic rings. The molecule has 0 fully saturated rings. The van der Waals surface area contributed by atoms with Crippen molar-refractivity contribution in [2.24, 2.45) is 0 Å².